The van der Waals surface area contributed by atoms with E-state index in [1.165, 1.54) is 17.8 Å². The monoisotopic (exact) mass is 195 g/mol. The van der Waals surface area contributed by atoms with E-state index in [4.69, 9.17) is 16.9 Å². The highest BCUT2D eigenvalue weighted by Crippen LogP contribution is 2.16. The number of hydrogen-bond donors (Lipinski definition) is 1. The molecule has 1 heterocycles. The van der Waals surface area contributed by atoms with Crippen molar-refractivity contribution in [3.63, 3.8) is 0 Å². The number of anilines is 1. The van der Waals surface area contributed by atoms with E-state index in [1.807, 2.05) is 6.26 Å². The second-order valence-electron chi connectivity index (χ2n) is 2.11. The molecular formula is C8H9N3OS. The van der Waals surface area contributed by atoms with E-state index in [9.17, 15) is 0 Å². The Labute approximate surface area is 80.9 Å². The number of terminal acetylenes is 1. The van der Waals surface area contributed by atoms with Gasteiger partial charge in [0.05, 0.1) is 0 Å². The van der Waals surface area contributed by atoms with E-state index >= 15 is 0 Å². The Morgan fingerprint density at radius 1 is 1.69 bits per heavy atom. The number of thioether (sulfide) groups is 1. The van der Waals surface area contributed by atoms with Gasteiger partial charge in [-0.2, -0.15) is 4.98 Å². The van der Waals surface area contributed by atoms with Crippen molar-refractivity contribution in [3.05, 3.63) is 6.07 Å². The number of nitrogen functional groups attached to an aromatic ring is 1. The van der Waals surface area contributed by atoms with Gasteiger partial charge in [-0.05, 0) is 6.26 Å². The van der Waals surface area contributed by atoms with Crippen molar-refractivity contribution < 1.29 is 4.74 Å². The van der Waals surface area contributed by atoms with Gasteiger partial charge in [0, 0.05) is 6.07 Å². The van der Waals surface area contributed by atoms with Crippen LogP contribution < -0.4 is 10.5 Å². The molecule has 1 aromatic rings. The number of nitrogens with zero attached hydrogens (tertiary/aromatic N) is 2. The molecule has 0 aliphatic heterocycles. The minimum atomic E-state index is 0.185. The first-order valence-corrected chi connectivity index (χ1v) is 4.73. The van der Waals surface area contributed by atoms with Crippen LogP contribution in [-0.4, -0.2) is 22.8 Å². The van der Waals surface area contributed by atoms with Gasteiger partial charge >= 0.3 is 0 Å². The number of hydrogen-bond acceptors (Lipinski definition) is 5. The normalized spacial score (nSPS) is 9.23. The second-order valence-corrected chi connectivity index (χ2v) is 2.88. The Balaban J connectivity index is 2.83. The van der Waals surface area contributed by atoms with Crippen LogP contribution in [-0.2, 0) is 0 Å². The van der Waals surface area contributed by atoms with Crippen molar-refractivity contribution in [3.8, 4) is 18.2 Å². The summed E-state index contributed by atoms with van der Waals surface area (Å²) in [6.07, 6.45) is 6.89. The zero-order chi connectivity index (χ0) is 9.68. The van der Waals surface area contributed by atoms with Crippen molar-refractivity contribution in [2.75, 3.05) is 18.6 Å². The van der Waals surface area contributed by atoms with Gasteiger partial charge < -0.3 is 10.5 Å². The third-order valence-electron chi connectivity index (χ3n) is 1.19. The Morgan fingerprint density at radius 3 is 3.08 bits per heavy atom. The highest BCUT2D eigenvalue weighted by molar-refractivity contribution is 7.98. The van der Waals surface area contributed by atoms with Crippen LogP contribution in [0, 0.1) is 12.3 Å². The zero-order valence-corrected chi connectivity index (χ0v) is 7.97. The lowest BCUT2D eigenvalue weighted by atomic mass is 10.6. The average molecular weight is 195 g/mol. The van der Waals surface area contributed by atoms with Gasteiger partial charge in [0.1, 0.15) is 5.82 Å². The first-order chi connectivity index (χ1) is 6.26. The van der Waals surface area contributed by atoms with Crippen molar-refractivity contribution in [2.45, 2.75) is 5.16 Å². The topological polar surface area (TPSA) is 61.0 Å². The van der Waals surface area contributed by atoms with Crippen LogP contribution in [0.4, 0.5) is 5.82 Å². The summed E-state index contributed by atoms with van der Waals surface area (Å²) in [4.78, 5) is 8.00. The minimum absolute atomic E-state index is 0.185. The van der Waals surface area contributed by atoms with E-state index in [0.29, 0.717) is 16.9 Å². The van der Waals surface area contributed by atoms with Gasteiger partial charge in [-0.1, -0.05) is 17.7 Å². The lowest BCUT2D eigenvalue weighted by Gasteiger charge is -2.03. The minimum Gasteiger partial charge on any atom is -0.464 e. The quantitative estimate of drug-likeness (QED) is 0.439. The van der Waals surface area contributed by atoms with E-state index in [1.54, 1.807) is 0 Å². The largest absolute Gasteiger partial charge is 0.464 e. The lowest BCUT2D eigenvalue weighted by Crippen LogP contribution is -2.00. The fourth-order valence-corrected chi connectivity index (χ4v) is 1.08. The maximum absolute atomic E-state index is 5.51. The number of ether oxygens (including phenoxy) is 1. The molecule has 0 radical (unpaired) electrons. The molecule has 0 saturated carbocycles. The summed E-state index contributed by atoms with van der Waals surface area (Å²) < 4.78 is 5.10. The highest BCUT2D eigenvalue weighted by atomic mass is 32.2. The molecule has 0 aliphatic rings. The maximum Gasteiger partial charge on any atom is 0.220 e. The van der Waals surface area contributed by atoms with Gasteiger partial charge in [-0.3, -0.25) is 0 Å². The average Bonchev–Trinajstić information content (AvgIpc) is 2.14. The number of aromatic nitrogens is 2. The van der Waals surface area contributed by atoms with Gasteiger partial charge in [0.25, 0.3) is 0 Å². The summed E-state index contributed by atoms with van der Waals surface area (Å²) in [5.74, 6) is 3.14. The lowest BCUT2D eigenvalue weighted by molar-refractivity contribution is 0.351. The predicted octanol–water partition coefficient (Wildman–Crippen LogP) is 0.793. The Bertz CT molecular complexity index is 335. The Morgan fingerprint density at radius 2 is 2.46 bits per heavy atom. The van der Waals surface area contributed by atoms with Gasteiger partial charge in [-0.25, -0.2) is 4.98 Å². The zero-order valence-electron chi connectivity index (χ0n) is 7.15. The van der Waals surface area contributed by atoms with Crippen LogP contribution >= 0.6 is 11.8 Å². The molecule has 5 heteroatoms. The van der Waals surface area contributed by atoms with E-state index in [0.717, 1.165) is 0 Å². The van der Waals surface area contributed by atoms with Crippen LogP contribution in [0.1, 0.15) is 0 Å². The smallest absolute Gasteiger partial charge is 0.220 e. The fraction of sp³-hybridized carbons (Fsp3) is 0.250. The molecule has 0 atom stereocenters. The summed E-state index contributed by atoms with van der Waals surface area (Å²) in [5.41, 5.74) is 5.51. The molecule has 0 bridgehead atoms. The molecule has 0 saturated heterocycles. The van der Waals surface area contributed by atoms with Crippen LogP contribution in [0.5, 0.6) is 5.88 Å². The molecular weight excluding hydrogens is 186 g/mol. The molecule has 68 valence electrons. The second kappa shape index (κ2) is 4.58. The van der Waals surface area contributed by atoms with Crippen molar-refractivity contribution in [1.82, 2.24) is 9.97 Å². The summed E-state index contributed by atoms with van der Waals surface area (Å²) in [5, 5.41) is 0.576. The molecule has 0 amide bonds. The number of rotatable bonds is 3. The van der Waals surface area contributed by atoms with Gasteiger partial charge in [-0.15, -0.1) is 6.42 Å². The van der Waals surface area contributed by atoms with E-state index in [2.05, 4.69) is 15.9 Å². The third kappa shape index (κ3) is 2.84. The van der Waals surface area contributed by atoms with Crippen molar-refractivity contribution in [1.29, 1.82) is 0 Å². The summed E-state index contributed by atoms with van der Waals surface area (Å²) >= 11 is 1.40. The number of nitrogens with two attached hydrogens (primary N) is 1. The molecule has 0 aliphatic carbocycles. The van der Waals surface area contributed by atoms with Crippen molar-refractivity contribution in [2.24, 2.45) is 0 Å². The maximum atomic E-state index is 5.51. The third-order valence-corrected chi connectivity index (χ3v) is 1.74. The SMILES string of the molecule is C#CCOc1cc(N)nc(SC)n1. The molecule has 0 unspecified atom stereocenters. The molecule has 4 nitrogen and oxygen atoms in total. The van der Waals surface area contributed by atoms with Crippen LogP contribution in [0.2, 0.25) is 0 Å². The first-order valence-electron chi connectivity index (χ1n) is 3.51. The molecule has 2 N–H and O–H groups in total. The standard InChI is InChI=1S/C8H9N3OS/c1-3-4-12-7-5-6(9)10-8(11-7)13-2/h1,5H,4H2,2H3,(H2,9,10,11). The van der Waals surface area contributed by atoms with Crippen LogP contribution in [0.25, 0.3) is 0 Å². The van der Waals surface area contributed by atoms with E-state index in [-0.39, 0.29) is 6.61 Å². The molecule has 0 aromatic carbocycles. The molecule has 0 spiro atoms. The van der Waals surface area contributed by atoms with Gasteiger partial charge in [0.2, 0.25) is 5.88 Å². The summed E-state index contributed by atoms with van der Waals surface area (Å²) in [7, 11) is 0. The molecule has 0 fully saturated rings. The summed E-state index contributed by atoms with van der Waals surface area (Å²) in [6.45, 7) is 0.185. The summed E-state index contributed by atoms with van der Waals surface area (Å²) in [6, 6.07) is 1.54. The predicted molar refractivity (Wildman–Crippen MR) is 52.6 cm³/mol. The Kier molecular flexibility index (Phi) is 3.41. The Hall–Kier alpha value is -1.41. The van der Waals surface area contributed by atoms with Crippen LogP contribution in [0.3, 0.4) is 0 Å². The fourth-order valence-electron chi connectivity index (χ4n) is 0.702. The highest BCUT2D eigenvalue weighted by Gasteiger charge is 2.01. The van der Waals surface area contributed by atoms with Gasteiger partial charge in [0.15, 0.2) is 11.8 Å². The molecule has 1 aromatic heterocycles. The van der Waals surface area contributed by atoms with Crippen molar-refractivity contribution >= 4 is 17.6 Å². The molecule has 13 heavy (non-hydrogen) atoms. The van der Waals surface area contributed by atoms with E-state index < -0.39 is 0 Å². The first kappa shape index (κ1) is 9.68. The van der Waals surface area contributed by atoms with Crippen LogP contribution in [0.15, 0.2) is 11.2 Å². The molecule has 1 rings (SSSR count).